The third-order valence-corrected chi connectivity index (χ3v) is 7.26. The first kappa shape index (κ1) is 18.6. The Hall–Kier alpha value is -1.75. The van der Waals surface area contributed by atoms with Crippen molar-refractivity contribution >= 4 is 10.0 Å². The standard InChI is InChI=1S/C17H26N6O3S/c1-21(2)27(24,25)12-13-10-26-11-16(13)22-7-5-19-17(22)15-8-14-9-18-4-3-6-23(14)20-15/h5,7-8,13,16,18H,3-4,6,9-12H2,1-2H3/t13-,16+/m0/s1. The van der Waals surface area contributed by atoms with Gasteiger partial charge in [-0.05, 0) is 19.0 Å². The Bertz CT molecular complexity index is 880. The average Bonchev–Trinajstić information content (AvgIpc) is 3.31. The lowest BCUT2D eigenvalue weighted by molar-refractivity contribution is 0.182. The molecule has 148 valence electrons. The van der Waals surface area contributed by atoms with Crippen molar-refractivity contribution in [1.29, 1.82) is 0 Å². The van der Waals surface area contributed by atoms with E-state index < -0.39 is 10.0 Å². The van der Waals surface area contributed by atoms with Gasteiger partial charge in [0, 0.05) is 45.5 Å². The Morgan fingerprint density at radius 2 is 2.22 bits per heavy atom. The van der Waals surface area contributed by atoms with Crippen LogP contribution in [0, 0.1) is 5.92 Å². The highest BCUT2D eigenvalue weighted by Gasteiger charge is 2.35. The fourth-order valence-electron chi connectivity index (χ4n) is 3.72. The Morgan fingerprint density at radius 1 is 1.37 bits per heavy atom. The number of aromatic nitrogens is 4. The number of hydrogen-bond donors (Lipinski definition) is 1. The SMILES string of the molecule is CN(C)S(=O)(=O)C[C@@H]1COC[C@H]1n1ccnc1-c1cc2n(n1)CCCNC2. The average molecular weight is 395 g/mol. The summed E-state index contributed by atoms with van der Waals surface area (Å²) in [5.41, 5.74) is 1.96. The highest BCUT2D eigenvalue weighted by Crippen LogP contribution is 2.31. The first-order chi connectivity index (χ1) is 13.0. The Morgan fingerprint density at radius 3 is 3.04 bits per heavy atom. The molecule has 10 heteroatoms. The molecule has 2 atom stereocenters. The number of nitrogens with zero attached hydrogens (tertiary/aromatic N) is 5. The maximum atomic E-state index is 12.3. The van der Waals surface area contributed by atoms with E-state index in [1.807, 2.05) is 15.4 Å². The zero-order valence-electron chi connectivity index (χ0n) is 15.7. The van der Waals surface area contributed by atoms with Gasteiger partial charge in [0.2, 0.25) is 10.0 Å². The molecule has 0 unspecified atom stereocenters. The molecule has 1 fully saturated rings. The molecule has 0 radical (unpaired) electrons. The first-order valence-corrected chi connectivity index (χ1v) is 10.9. The van der Waals surface area contributed by atoms with Gasteiger partial charge in [-0.3, -0.25) is 4.68 Å². The number of imidazole rings is 1. The van der Waals surface area contributed by atoms with Crippen LogP contribution in [0.2, 0.25) is 0 Å². The molecule has 1 N–H and O–H groups in total. The van der Waals surface area contributed by atoms with Crippen molar-refractivity contribution in [3.63, 3.8) is 0 Å². The maximum Gasteiger partial charge on any atom is 0.214 e. The zero-order chi connectivity index (χ0) is 19.0. The summed E-state index contributed by atoms with van der Waals surface area (Å²) in [5, 5.41) is 8.13. The van der Waals surface area contributed by atoms with E-state index >= 15 is 0 Å². The van der Waals surface area contributed by atoms with Gasteiger partial charge in [0.15, 0.2) is 5.82 Å². The fourth-order valence-corrected chi connectivity index (χ4v) is 4.88. The summed E-state index contributed by atoms with van der Waals surface area (Å²) < 4.78 is 35.7. The lowest BCUT2D eigenvalue weighted by atomic mass is 10.1. The summed E-state index contributed by atoms with van der Waals surface area (Å²) in [4.78, 5) is 4.52. The molecule has 4 heterocycles. The van der Waals surface area contributed by atoms with Crippen LogP contribution in [0.25, 0.3) is 11.5 Å². The van der Waals surface area contributed by atoms with Crippen LogP contribution in [0.5, 0.6) is 0 Å². The molecule has 0 amide bonds. The molecule has 4 rings (SSSR count). The third kappa shape index (κ3) is 3.66. The molecular formula is C17H26N6O3S. The van der Waals surface area contributed by atoms with Crippen molar-refractivity contribution in [3.05, 3.63) is 24.2 Å². The predicted octanol–water partition coefficient (Wildman–Crippen LogP) is 0.319. The van der Waals surface area contributed by atoms with Crippen LogP contribution in [-0.2, 0) is 27.8 Å². The molecule has 27 heavy (non-hydrogen) atoms. The van der Waals surface area contributed by atoms with E-state index in [2.05, 4.69) is 16.4 Å². The van der Waals surface area contributed by atoms with Crippen molar-refractivity contribution < 1.29 is 13.2 Å². The zero-order valence-corrected chi connectivity index (χ0v) is 16.5. The number of rotatable bonds is 5. The summed E-state index contributed by atoms with van der Waals surface area (Å²) in [7, 11) is -0.169. The highest BCUT2D eigenvalue weighted by atomic mass is 32.2. The van der Waals surface area contributed by atoms with Crippen LogP contribution in [0.4, 0.5) is 0 Å². The van der Waals surface area contributed by atoms with E-state index in [9.17, 15) is 8.42 Å². The summed E-state index contributed by atoms with van der Waals surface area (Å²) >= 11 is 0. The summed E-state index contributed by atoms with van der Waals surface area (Å²) in [6, 6.07) is 2.00. The molecule has 0 aliphatic carbocycles. The third-order valence-electron chi connectivity index (χ3n) is 5.29. The molecule has 2 aliphatic heterocycles. The van der Waals surface area contributed by atoms with Gasteiger partial charge in [0.05, 0.1) is 30.7 Å². The van der Waals surface area contributed by atoms with Crippen molar-refractivity contribution in [2.24, 2.45) is 5.92 Å². The van der Waals surface area contributed by atoms with Gasteiger partial charge in [-0.25, -0.2) is 17.7 Å². The van der Waals surface area contributed by atoms with Gasteiger partial charge >= 0.3 is 0 Å². The van der Waals surface area contributed by atoms with Gasteiger partial charge in [0.25, 0.3) is 0 Å². The molecule has 0 bridgehead atoms. The minimum absolute atomic E-state index is 0.0614. The topological polar surface area (TPSA) is 94.3 Å². The summed E-state index contributed by atoms with van der Waals surface area (Å²) in [6.07, 6.45) is 4.68. The summed E-state index contributed by atoms with van der Waals surface area (Å²) in [6.45, 7) is 3.59. The molecular weight excluding hydrogens is 368 g/mol. The van der Waals surface area contributed by atoms with Crippen molar-refractivity contribution in [2.75, 3.05) is 39.6 Å². The number of nitrogens with one attached hydrogen (secondary N) is 1. The summed E-state index contributed by atoms with van der Waals surface area (Å²) in [5.74, 6) is 0.706. The van der Waals surface area contributed by atoms with Crippen LogP contribution >= 0.6 is 0 Å². The number of aryl methyl sites for hydroxylation is 1. The predicted molar refractivity (Wildman–Crippen MR) is 101 cm³/mol. The Balaban J connectivity index is 1.62. The molecule has 0 aromatic carbocycles. The lowest BCUT2D eigenvalue weighted by Gasteiger charge is -2.22. The Kier molecular flexibility index (Phi) is 5.06. The van der Waals surface area contributed by atoms with Gasteiger partial charge in [0.1, 0.15) is 5.69 Å². The second-order valence-electron chi connectivity index (χ2n) is 7.36. The van der Waals surface area contributed by atoms with Gasteiger partial charge in [-0.1, -0.05) is 0 Å². The lowest BCUT2D eigenvalue weighted by Crippen LogP contribution is -2.32. The number of sulfonamides is 1. The van der Waals surface area contributed by atoms with Crippen LogP contribution in [0.1, 0.15) is 18.2 Å². The van der Waals surface area contributed by atoms with Crippen LogP contribution in [-0.4, -0.2) is 71.7 Å². The van der Waals surface area contributed by atoms with E-state index in [1.165, 1.54) is 4.31 Å². The molecule has 9 nitrogen and oxygen atoms in total. The normalized spacial score (nSPS) is 23.5. The minimum Gasteiger partial charge on any atom is -0.379 e. The van der Waals surface area contributed by atoms with Gasteiger partial charge < -0.3 is 14.6 Å². The van der Waals surface area contributed by atoms with Crippen molar-refractivity contribution in [2.45, 2.75) is 25.6 Å². The Labute approximate surface area is 159 Å². The molecule has 2 aromatic rings. The first-order valence-electron chi connectivity index (χ1n) is 9.24. The monoisotopic (exact) mass is 394 g/mol. The quantitative estimate of drug-likeness (QED) is 0.785. The largest absolute Gasteiger partial charge is 0.379 e. The number of ether oxygens (including phenoxy) is 1. The van der Waals surface area contributed by atoms with Crippen LogP contribution in [0.15, 0.2) is 18.5 Å². The molecule has 0 saturated carbocycles. The molecule has 2 aromatic heterocycles. The van der Waals surface area contributed by atoms with E-state index in [-0.39, 0.29) is 17.7 Å². The second-order valence-corrected chi connectivity index (χ2v) is 9.59. The van der Waals surface area contributed by atoms with Crippen LogP contribution in [0.3, 0.4) is 0 Å². The highest BCUT2D eigenvalue weighted by molar-refractivity contribution is 7.89. The van der Waals surface area contributed by atoms with Gasteiger partial charge in [-0.2, -0.15) is 5.10 Å². The molecule has 0 spiro atoms. The fraction of sp³-hybridized carbons (Fsp3) is 0.647. The van der Waals surface area contributed by atoms with E-state index in [1.54, 1.807) is 20.3 Å². The van der Waals surface area contributed by atoms with Crippen LogP contribution < -0.4 is 5.32 Å². The minimum atomic E-state index is -3.30. The van der Waals surface area contributed by atoms with Crippen molar-refractivity contribution in [1.82, 2.24) is 29.0 Å². The number of hydrogen-bond acceptors (Lipinski definition) is 6. The van der Waals surface area contributed by atoms with Crippen molar-refractivity contribution in [3.8, 4) is 11.5 Å². The van der Waals surface area contributed by atoms with E-state index in [0.717, 1.165) is 43.3 Å². The maximum absolute atomic E-state index is 12.3. The molecule has 1 saturated heterocycles. The van der Waals surface area contributed by atoms with E-state index in [4.69, 9.17) is 9.84 Å². The van der Waals surface area contributed by atoms with E-state index in [0.29, 0.717) is 13.2 Å². The molecule has 2 aliphatic rings. The number of fused-ring (bicyclic) bond motifs is 1. The smallest absolute Gasteiger partial charge is 0.214 e. The van der Waals surface area contributed by atoms with Gasteiger partial charge in [-0.15, -0.1) is 0 Å². The second kappa shape index (κ2) is 7.34.